The molecule has 1 unspecified atom stereocenters. The fraction of sp³-hybridized carbons (Fsp3) is 0.333. The Hall–Kier alpha value is -2.08. The molecule has 1 atom stereocenters. The molecule has 1 aromatic rings. The van der Waals surface area contributed by atoms with Gasteiger partial charge in [-0.1, -0.05) is 18.2 Å². The predicted molar refractivity (Wildman–Crippen MR) is 63.9 cm³/mol. The molecule has 6 nitrogen and oxygen atoms in total. The highest BCUT2D eigenvalue weighted by Crippen LogP contribution is 2.24. The van der Waals surface area contributed by atoms with Crippen molar-refractivity contribution in [2.75, 3.05) is 18.5 Å². The van der Waals surface area contributed by atoms with Gasteiger partial charge in [-0.2, -0.15) is 0 Å². The SMILES string of the molecule is O=C(O)CONC(=O)C1CNc2ccccc2C1. The predicted octanol–water partition coefficient (Wildman–Crippen LogP) is 0.403. The fourth-order valence-electron chi connectivity index (χ4n) is 1.88. The molecular weight excluding hydrogens is 236 g/mol. The second kappa shape index (κ2) is 5.50. The van der Waals surface area contributed by atoms with E-state index in [0.29, 0.717) is 13.0 Å². The van der Waals surface area contributed by atoms with Crippen LogP contribution in [0.4, 0.5) is 5.69 Å². The zero-order valence-corrected chi connectivity index (χ0v) is 9.68. The summed E-state index contributed by atoms with van der Waals surface area (Å²) in [5.41, 5.74) is 4.26. The smallest absolute Gasteiger partial charge is 0.332 e. The highest BCUT2D eigenvalue weighted by molar-refractivity contribution is 5.80. The molecule has 1 aromatic carbocycles. The molecule has 0 bridgehead atoms. The lowest BCUT2D eigenvalue weighted by Gasteiger charge is -2.24. The molecule has 1 amide bonds. The van der Waals surface area contributed by atoms with E-state index in [1.54, 1.807) is 0 Å². The topological polar surface area (TPSA) is 87.7 Å². The molecule has 1 aliphatic heterocycles. The van der Waals surface area contributed by atoms with Crippen molar-refractivity contribution in [2.45, 2.75) is 6.42 Å². The number of carbonyl (C=O) groups excluding carboxylic acids is 1. The van der Waals surface area contributed by atoms with Gasteiger partial charge in [0.2, 0.25) is 5.91 Å². The number of anilines is 1. The minimum Gasteiger partial charge on any atom is -0.479 e. The Balaban J connectivity index is 1.88. The molecule has 6 heteroatoms. The van der Waals surface area contributed by atoms with E-state index in [2.05, 4.69) is 15.6 Å². The van der Waals surface area contributed by atoms with Gasteiger partial charge in [-0.05, 0) is 18.1 Å². The van der Waals surface area contributed by atoms with Gasteiger partial charge < -0.3 is 10.4 Å². The molecule has 18 heavy (non-hydrogen) atoms. The molecule has 0 saturated carbocycles. The van der Waals surface area contributed by atoms with Gasteiger partial charge >= 0.3 is 5.97 Å². The van der Waals surface area contributed by atoms with Gasteiger partial charge in [0.15, 0.2) is 6.61 Å². The Kier molecular flexibility index (Phi) is 3.78. The molecule has 96 valence electrons. The van der Waals surface area contributed by atoms with Crippen LogP contribution in [0.15, 0.2) is 24.3 Å². The van der Waals surface area contributed by atoms with Crippen molar-refractivity contribution in [3.8, 4) is 0 Å². The van der Waals surface area contributed by atoms with Crippen LogP contribution in [0.5, 0.6) is 0 Å². The molecule has 0 saturated heterocycles. The number of hydrogen-bond donors (Lipinski definition) is 3. The Morgan fingerprint density at radius 1 is 1.44 bits per heavy atom. The summed E-state index contributed by atoms with van der Waals surface area (Å²) in [5, 5.41) is 11.5. The van der Waals surface area contributed by atoms with E-state index in [1.165, 1.54) is 0 Å². The summed E-state index contributed by atoms with van der Waals surface area (Å²) in [5.74, 6) is -1.69. The molecule has 2 rings (SSSR count). The van der Waals surface area contributed by atoms with Crippen LogP contribution in [0.1, 0.15) is 5.56 Å². The maximum absolute atomic E-state index is 11.7. The Bertz CT molecular complexity index is 461. The van der Waals surface area contributed by atoms with Crippen molar-refractivity contribution >= 4 is 17.6 Å². The number of fused-ring (bicyclic) bond motifs is 1. The van der Waals surface area contributed by atoms with Crippen LogP contribution in [0.25, 0.3) is 0 Å². The second-order valence-electron chi connectivity index (χ2n) is 4.09. The van der Waals surface area contributed by atoms with Crippen LogP contribution in [0, 0.1) is 5.92 Å². The minimum absolute atomic E-state index is 0.256. The monoisotopic (exact) mass is 250 g/mol. The second-order valence-corrected chi connectivity index (χ2v) is 4.09. The van der Waals surface area contributed by atoms with Gasteiger partial charge in [0, 0.05) is 12.2 Å². The number of benzene rings is 1. The van der Waals surface area contributed by atoms with Crippen LogP contribution in [-0.2, 0) is 20.8 Å². The molecule has 0 spiro atoms. The summed E-state index contributed by atoms with van der Waals surface area (Å²) < 4.78 is 0. The third kappa shape index (κ3) is 2.98. The number of amides is 1. The average Bonchev–Trinajstić information content (AvgIpc) is 2.37. The first-order valence-electron chi connectivity index (χ1n) is 5.62. The number of hydrogen-bond acceptors (Lipinski definition) is 4. The van der Waals surface area contributed by atoms with Crippen molar-refractivity contribution in [1.29, 1.82) is 0 Å². The summed E-state index contributed by atoms with van der Waals surface area (Å²) >= 11 is 0. The molecule has 0 aliphatic carbocycles. The lowest BCUT2D eigenvalue weighted by molar-refractivity contribution is -0.150. The van der Waals surface area contributed by atoms with E-state index in [9.17, 15) is 9.59 Å². The molecule has 1 aliphatic rings. The molecule has 0 radical (unpaired) electrons. The Labute approximate surface area is 104 Å². The summed E-state index contributed by atoms with van der Waals surface area (Å²) in [4.78, 5) is 26.5. The number of carboxylic acid groups (broad SMARTS) is 1. The zero-order valence-electron chi connectivity index (χ0n) is 9.68. The average molecular weight is 250 g/mol. The van der Waals surface area contributed by atoms with Crippen molar-refractivity contribution in [1.82, 2.24) is 5.48 Å². The maximum Gasteiger partial charge on any atom is 0.332 e. The maximum atomic E-state index is 11.7. The number of carboxylic acids is 1. The highest BCUT2D eigenvalue weighted by atomic mass is 16.7. The van der Waals surface area contributed by atoms with Gasteiger partial charge in [0.25, 0.3) is 0 Å². The summed E-state index contributed by atoms with van der Waals surface area (Å²) in [6.07, 6.45) is 0.617. The lowest BCUT2D eigenvalue weighted by Crippen LogP contribution is -2.38. The van der Waals surface area contributed by atoms with Gasteiger partial charge in [-0.3, -0.25) is 9.63 Å². The molecule has 1 heterocycles. The number of hydroxylamine groups is 1. The number of rotatable bonds is 4. The van der Waals surface area contributed by atoms with Crippen LogP contribution < -0.4 is 10.8 Å². The quantitative estimate of drug-likeness (QED) is 0.673. The summed E-state index contributed by atoms with van der Waals surface area (Å²) in [6.45, 7) is -0.0260. The Morgan fingerprint density at radius 2 is 2.22 bits per heavy atom. The van der Waals surface area contributed by atoms with Gasteiger partial charge in [-0.15, -0.1) is 0 Å². The molecular formula is C12H14N2O4. The summed E-state index contributed by atoms with van der Waals surface area (Å²) in [6, 6.07) is 7.77. The van der Waals surface area contributed by atoms with Crippen molar-refractivity contribution < 1.29 is 19.5 Å². The molecule has 3 N–H and O–H groups in total. The normalized spacial score (nSPS) is 17.4. The van der Waals surface area contributed by atoms with Crippen molar-refractivity contribution in [3.63, 3.8) is 0 Å². The highest BCUT2D eigenvalue weighted by Gasteiger charge is 2.24. The fourth-order valence-corrected chi connectivity index (χ4v) is 1.88. The van der Waals surface area contributed by atoms with Crippen molar-refractivity contribution in [3.05, 3.63) is 29.8 Å². The van der Waals surface area contributed by atoms with Crippen molar-refractivity contribution in [2.24, 2.45) is 5.92 Å². The summed E-state index contributed by atoms with van der Waals surface area (Å²) in [7, 11) is 0. The number of aliphatic carboxylic acids is 1. The number of para-hydroxylation sites is 1. The lowest BCUT2D eigenvalue weighted by atomic mass is 9.93. The van der Waals surface area contributed by atoms with E-state index in [4.69, 9.17) is 5.11 Å². The number of carbonyl (C=O) groups is 2. The first-order valence-corrected chi connectivity index (χ1v) is 5.62. The van der Waals surface area contributed by atoms with Crippen LogP contribution in [0.3, 0.4) is 0 Å². The first-order chi connectivity index (χ1) is 8.66. The van der Waals surface area contributed by atoms with Gasteiger partial charge in [0.05, 0.1) is 5.92 Å². The Morgan fingerprint density at radius 3 is 3.00 bits per heavy atom. The third-order valence-electron chi connectivity index (χ3n) is 2.76. The van der Waals surface area contributed by atoms with E-state index in [0.717, 1.165) is 11.3 Å². The van der Waals surface area contributed by atoms with Gasteiger partial charge in [0.1, 0.15) is 0 Å². The molecule has 0 aromatic heterocycles. The van der Waals surface area contributed by atoms with E-state index in [1.807, 2.05) is 24.3 Å². The third-order valence-corrected chi connectivity index (χ3v) is 2.76. The van der Waals surface area contributed by atoms with E-state index < -0.39 is 12.6 Å². The van der Waals surface area contributed by atoms with Gasteiger partial charge in [-0.25, -0.2) is 10.3 Å². The zero-order chi connectivity index (χ0) is 13.0. The van der Waals surface area contributed by atoms with Crippen LogP contribution in [0.2, 0.25) is 0 Å². The number of nitrogens with one attached hydrogen (secondary N) is 2. The molecule has 0 fully saturated rings. The van der Waals surface area contributed by atoms with Crippen LogP contribution in [-0.4, -0.2) is 30.1 Å². The standard InChI is InChI=1S/C12H14N2O4/c15-11(16)7-18-14-12(17)9-5-8-3-1-2-4-10(8)13-6-9/h1-4,9,13H,5-7H2,(H,14,17)(H,15,16). The minimum atomic E-state index is -1.12. The largest absolute Gasteiger partial charge is 0.479 e. The first kappa shape index (κ1) is 12.4. The van der Waals surface area contributed by atoms with E-state index >= 15 is 0 Å². The van der Waals surface area contributed by atoms with Crippen LogP contribution >= 0.6 is 0 Å². The van der Waals surface area contributed by atoms with E-state index in [-0.39, 0.29) is 11.8 Å².